The Morgan fingerprint density at radius 2 is 0.815 bits per heavy atom. The molecule has 0 heterocycles. The van der Waals surface area contributed by atoms with E-state index in [1.165, 1.54) is 0 Å². The summed E-state index contributed by atoms with van der Waals surface area (Å²) in [5.74, 6) is 1.37. The molecule has 0 spiro atoms. The minimum atomic E-state index is -3.97. The largest absolute Gasteiger partial charge is 0.647 e. The third-order valence-corrected chi connectivity index (χ3v) is 5.17. The van der Waals surface area contributed by atoms with Gasteiger partial charge in [0.2, 0.25) is 0 Å². The lowest BCUT2D eigenvalue weighted by Crippen LogP contribution is -2.09. The van der Waals surface area contributed by atoms with Gasteiger partial charge < -0.3 is 13.6 Å². The van der Waals surface area contributed by atoms with Crippen molar-refractivity contribution in [2.45, 2.75) is 20.8 Å². The van der Waals surface area contributed by atoms with Gasteiger partial charge in [0.15, 0.2) is 0 Å². The molecule has 6 heteroatoms. The Kier molecular flexibility index (Phi) is 7.16. The van der Waals surface area contributed by atoms with E-state index < -0.39 is 7.82 Å². The number of hydrogen-bond donors (Lipinski definition) is 0. The van der Waals surface area contributed by atoms with Crippen molar-refractivity contribution in [2.75, 3.05) is 0 Å². The van der Waals surface area contributed by atoms with Crippen molar-refractivity contribution in [3.05, 3.63) is 89.5 Å². The highest BCUT2D eigenvalue weighted by Gasteiger charge is 2.34. The number of para-hydroxylation sites is 3. The number of hydrogen-bond acceptors (Lipinski definition) is 4. The Morgan fingerprint density at radius 3 is 1.07 bits per heavy atom. The molecule has 3 radical (unpaired) electrons. The summed E-state index contributed by atoms with van der Waals surface area (Å²) in [6, 6.07) is 22.0. The number of rotatable bonds is 6. The molecule has 27 heavy (non-hydrogen) atoms. The predicted octanol–water partition coefficient (Wildman–Crippen LogP) is 5.88. The van der Waals surface area contributed by atoms with Crippen LogP contribution in [0.15, 0.2) is 72.8 Å². The van der Waals surface area contributed by atoms with Crippen molar-refractivity contribution in [3.8, 4) is 17.2 Å². The maximum Gasteiger partial charge on any atom is 0.647 e. The Balaban J connectivity index is 0.00000261. The zero-order chi connectivity index (χ0) is 18.6. The summed E-state index contributed by atoms with van der Waals surface area (Å²) in [5.41, 5.74) is 2.53. The number of aryl methyl sites for hydroxylation is 3. The van der Waals surface area contributed by atoms with Crippen LogP contribution in [0.25, 0.3) is 0 Å². The van der Waals surface area contributed by atoms with Crippen LogP contribution in [0.4, 0.5) is 0 Å². The van der Waals surface area contributed by atoms with Crippen LogP contribution in [0.2, 0.25) is 0 Å². The van der Waals surface area contributed by atoms with Crippen molar-refractivity contribution in [3.63, 3.8) is 0 Å². The minimum Gasteiger partial charge on any atom is -0.386 e. The van der Waals surface area contributed by atoms with Crippen LogP contribution < -0.4 is 13.6 Å². The SMILES string of the molecule is Cc1ccccc1OP(=O)(Oc1ccccc1C)Oc1ccccc1C.[Al]. The molecular formula is C21H21AlO4P. The van der Waals surface area contributed by atoms with Gasteiger partial charge in [-0.25, -0.2) is 0 Å². The Morgan fingerprint density at radius 1 is 0.556 bits per heavy atom. The molecule has 0 bridgehead atoms. The summed E-state index contributed by atoms with van der Waals surface area (Å²) in [5, 5.41) is 0. The first-order chi connectivity index (χ1) is 12.5. The molecule has 0 N–H and O–H groups in total. The van der Waals surface area contributed by atoms with Crippen molar-refractivity contribution >= 4 is 25.2 Å². The molecule has 0 saturated heterocycles. The lowest BCUT2D eigenvalue weighted by Gasteiger charge is -2.21. The molecule has 3 aromatic carbocycles. The first-order valence-electron chi connectivity index (χ1n) is 8.32. The molecule has 0 aromatic heterocycles. The van der Waals surface area contributed by atoms with Gasteiger partial charge in [0, 0.05) is 17.4 Å². The van der Waals surface area contributed by atoms with E-state index in [4.69, 9.17) is 13.6 Å². The molecule has 0 atom stereocenters. The average Bonchev–Trinajstić information content (AvgIpc) is 2.61. The zero-order valence-corrected chi connectivity index (χ0v) is 17.6. The van der Waals surface area contributed by atoms with Gasteiger partial charge in [0.25, 0.3) is 0 Å². The average molecular weight is 395 g/mol. The van der Waals surface area contributed by atoms with Crippen LogP contribution in [0.5, 0.6) is 17.2 Å². The quantitative estimate of drug-likeness (QED) is 0.386. The van der Waals surface area contributed by atoms with Crippen molar-refractivity contribution in [2.24, 2.45) is 0 Å². The summed E-state index contributed by atoms with van der Waals surface area (Å²) in [7, 11) is -3.97. The molecule has 0 amide bonds. The van der Waals surface area contributed by atoms with E-state index >= 15 is 0 Å². The fraction of sp³-hybridized carbons (Fsp3) is 0.143. The summed E-state index contributed by atoms with van der Waals surface area (Å²) < 4.78 is 30.8. The summed E-state index contributed by atoms with van der Waals surface area (Å²) in [4.78, 5) is 0. The van der Waals surface area contributed by atoms with Gasteiger partial charge in [-0.05, 0) is 55.7 Å². The fourth-order valence-electron chi connectivity index (χ4n) is 2.39. The van der Waals surface area contributed by atoms with Gasteiger partial charge in [-0.15, -0.1) is 0 Å². The van der Waals surface area contributed by atoms with Crippen LogP contribution in [0.3, 0.4) is 0 Å². The molecule has 0 unspecified atom stereocenters. The van der Waals surface area contributed by atoms with Crippen molar-refractivity contribution in [1.82, 2.24) is 0 Å². The molecular weight excluding hydrogens is 374 g/mol. The van der Waals surface area contributed by atoms with Gasteiger partial charge >= 0.3 is 7.82 Å². The van der Waals surface area contributed by atoms with E-state index in [9.17, 15) is 4.57 Å². The van der Waals surface area contributed by atoms with E-state index in [2.05, 4.69) is 0 Å². The fourth-order valence-corrected chi connectivity index (χ4v) is 3.84. The second kappa shape index (κ2) is 9.15. The molecule has 0 saturated carbocycles. The highest BCUT2D eigenvalue weighted by molar-refractivity contribution is 7.49. The molecule has 3 aromatic rings. The molecule has 0 aliphatic rings. The van der Waals surface area contributed by atoms with Crippen LogP contribution in [0, 0.1) is 20.8 Å². The van der Waals surface area contributed by atoms with E-state index in [1.807, 2.05) is 75.4 Å². The Bertz CT molecular complexity index is 836. The van der Waals surface area contributed by atoms with Crippen molar-refractivity contribution in [1.29, 1.82) is 0 Å². The molecule has 0 fully saturated rings. The summed E-state index contributed by atoms with van der Waals surface area (Å²) in [6.45, 7) is 5.63. The van der Waals surface area contributed by atoms with E-state index in [-0.39, 0.29) is 17.4 Å². The second-order valence-electron chi connectivity index (χ2n) is 6.02. The number of phosphoric acid groups is 1. The van der Waals surface area contributed by atoms with Gasteiger partial charge in [0.1, 0.15) is 17.2 Å². The maximum atomic E-state index is 13.5. The highest BCUT2D eigenvalue weighted by Crippen LogP contribution is 2.51. The molecule has 3 rings (SSSR count). The monoisotopic (exact) mass is 395 g/mol. The lowest BCUT2D eigenvalue weighted by atomic mass is 10.2. The van der Waals surface area contributed by atoms with Crippen LogP contribution in [-0.4, -0.2) is 17.4 Å². The topological polar surface area (TPSA) is 44.8 Å². The third-order valence-electron chi connectivity index (χ3n) is 3.91. The number of benzene rings is 3. The van der Waals surface area contributed by atoms with Gasteiger partial charge in [-0.2, -0.15) is 4.57 Å². The van der Waals surface area contributed by atoms with Crippen LogP contribution in [-0.2, 0) is 4.57 Å². The minimum absolute atomic E-state index is 0. The smallest absolute Gasteiger partial charge is 0.386 e. The molecule has 0 aliphatic heterocycles. The van der Waals surface area contributed by atoms with Crippen LogP contribution in [0.1, 0.15) is 16.7 Å². The van der Waals surface area contributed by atoms with Gasteiger partial charge in [-0.3, -0.25) is 0 Å². The second-order valence-corrected chi connectivity index (χ2v) is 7.46. The van der Waals surface area contributed by atoms with E-state index in [0.717, 1.165) is 16.7 Å². The molecule has 137 valence electrons. The highest BCUT2D eigenvalue weighted by atomic mass is 31.2. The zero-order valence-electron chi connectivity index (χ0n) is 15.6. The molecule has 0 aliphatic carbocycles. The standard InChI is InChI=1S/C21H21O4P.Al/c1-16-10-4-7-13-19(16)23-26(22,24-20-14-8-5-11-17(20)2)25-21-15-9-6-12-18(21)3;/h4-15H,1-3H3;. The van der Waals surface area contributed by atoms with E-state index in [1.54, 1.807) is 18.2 Å². The normalized spacial score (nSPS) is 10.6. The number of phosphoric ester groups is 1. The Labute approximate surface area is 170 Å². The first kappa shape index (κ1) is 21.1. The maximum absolute atomic E-state index is 13.5. The Hall–Kier alpha value is -2.18. The summed E-state index contributed by atoms with van der Waals surface area (Å²) >= 11 is 0. The predicted molar refractivity (Wildman–Crippen MR) is 109 cm³/mol. The lowest BCUT2D eigenvalue weighted by molar-refractivity contribution is 0.296. The molecule has 4 nitrogen and oxygen atoms in total. The van der Waals surface area contributed by atoms with Gasteiger partial charge in [-0.1, -0.05) is 54.6 Å². The third kappa shape index (κ3) is 5.40. The summed E-state index contributed by atoms with van der Waals surface area (Å²) in [6.07, 6.45) is 0. The van der Waals surface area contributed by atoms with E-state index in [0.29, 0.717) is 17.2 Å². The van der Waals surface area contributed by atoms with Crippen LogP contribution >= 0.6 is 7.82 Å². The van der Waals surface area contributed by atoms with Crippen molar-refractivity contribution < 1.29 is 18.1 Å². The van der Waals surface area contributed by atoms with Gasteiger partial charge in [0.05, 0.1) is 0 Å². The first-order valence-corrected chi connectivity index (χ1v) is 9.79.